The molecule has 10 aromatic rings. The van der Waals surface area contributed by atoms with Crippen LogP contribution in [0.1, 0.15) is 31.9 Å². The number of fused-ring (bicyclic) bond motifs is 9. The van der Waals surface area contributed by atoms with Crippen LogP contribution in [-0.2, 0) is 5.41 Å². The van der Waals surface area contributed by atoms with Crippen LogP contribution in [0.3, 0.4) is 0 Å². The van der Waals surface area contributed by atoms with E-state index in [0.29, 0.717) is 22.0 Å². The Morgan fingerprint density at radius 3 is 2.20 bits per heavy atom. The first-order chi connectivity index (χ1) is 27.3. The van der Waals surface area contributed by atoms with Gasteiger partial charge in [-0.05, 0) is 71.6 Å². The van der Waals surface area contributed by atoms with Gasteiger partial charge in [-0.2, -0.15) is 5.26 Å². The summed E-state index contributed by atoms with van der Waals surface area (Å²) in [7, 11) is 0. The average Bonchev–Trinajstić information content (AvgIpc) is 3.92. The van der Waals surface area contributed by atoms with E-state index >= 15 is 0 Å². The van der Waals surface area contributed by atoms with Gasteiger partial charge in [0.05, 0.1) is 67.5 Å². The fraction of sp³-hybridized carbons (Fsp3) is 0.0816. The Morgan fingerprint density at radius 1 is 0.643 bits per heavy atom. The number of para-hydroxylation sites is 6. The molecule has 0 radical (unpaired) electrons. The van der Waals surface area contributed by atoms with Gasteiger partial charge in [0.25, 0.3) is 0 Å². The highest BCUT2D eigenvalue weighted by Gasteiger charge is 2.32. The minimum absolute atomic E-state index is 0.0619. The highest BCUT2D eigenvalue weighted by molar-refractivity contribution is 7.17. The first-order valence-corrected chi connectivity index (χ1v) is 19.9. The van der Waals surface area contributed by atoms with Crippen molar-refractivity contribution in [3.05, 3.63) is 161 Å². The quantitative estimate of drug-likeness (QED) is 0.179. The van der Waals surface area contributed by atoms with Crippen LogP contribution < -0.4 is 9.80 Å². The molecule has 7 aromatic carbocycles. The van der Waals surface area contributed by atoms with E-state index < -0.39 is 0 Å². The number of furan rings is 1. The number of nitriles is 1. The third-order valence-electron chi connectivity index (χ3n) is 11.2. The maximum Gasteiger partial charge on any atom is 0.159 e. The van der Waals surface area contributed by atoms with E-state index in [4.69, 9.17) is 16.0 Å². The van der Waals surface area contributed by atoms with Crippen LogP contribution in [0.15, 0.2) is 149 Å². The van der Waals surface area contributed by atoms with Gasteiger partial charge in [-0.3, -0.25) is 0 Å². The van der Waals surface area contributed by atoms with Gasteiger partial charge in [-0.25, -0.2) is 0 Å². The van der Waals surface area contributed by atoms with Crippen LogP contribution in [-0.4, -0.2) is 4.57 Å². The van der Waals surface area contributed by atoms with Crippen molar-refractivity contribution in [2.75, 3.05) is 9.80 Å². The molecule has 0 unspecified atom stereocenters. The first kappa shape index (κ1) is 32.9. The number of hydrogen-bond acceptors (Lipinski definition) is 5. The van der Waals surface area contributed by atoms with E-state index in [1.54, 1.807) is 11.3 Å². The largest absolute Gasteiger partial charge is 0.454 e. The maximum absolute atomic E-state index is 10.8. The highest BCUT2D eigenvalue weighted by Crippen LogP contribution is 2.55. The van der Waals surface area contributed by atoms with Crippen LogP contribution in [0.25, 0.3) is 59.5 Å². The number of halogens is 1. The number of hydrogen-bond donors (Lipinski definition) is 0. The van der Waals surface area contributed by atoms with Crippen LogP contribution >= 0.6 is 22.9 Å². The van der Waals surface area contributed by atoms with Crippen molar-refractivity contribution in [3.63, 3.8) is 0 Å². The number of anilines is 6. The minimum atomic E-state index is -0.0619. The van der Waals surface area contributed by atoms with Gasteiger partial charge in [-0.15, -0.1) is 11.3 Å². The van der Waals surface area contributed by atoms with Crippen LogP contribution in [0.4, 0.5) is 34.1 Å². The lowest BCUT2D eigenvalue weighted by Crippen LogP contribution is -2.19. The standard InChI is InChI=1S/C49H33ClN4OS/c1-49(2,3)30-22-23-45-35(26-30)43(28-56-45)53(40-20-11-15-34-32-13-5-9-21-44(32)55-48(34)40)42-25-29(27-51)24-41(46(42)50)52-37-17-7-8-18-38(37)54-36-16-6-4-12-31(36)33-14-10-19-39(52)47(33)54/h4-26,28H,1-3H3. The summed E-state index contributed by atoms with van der Waals surface area (Å²) in [6.45, 7) is 6.72. The van der Waals surface area contributed by atoms with Crippen LogP contribution in [0, 0.1) is 11.3 Å². The van der Waals surface area contributed by atoms with Gasteiger partial charge in [0.1, 0.15) is 5.58 Å². The molecular formula is C49H33ClN4OS. The van der Waals surface area contributed by atoms with E-state index in [2.05, 4.69) is 156 Å². The molecule has 0 saturated carbocycles. The minimum Gasteiger partial charge on any atom is -0.454 e. The van der Waals surface area contributed by atoms with Gasteiger partial charge in [0, 0.05) is 37.0 Å². The highest BCUT2D eigenvalue weighted by atomic mass is 35.5. The van der Waals surface area contributed by atoms with E-state index in [9.17, 15) is 5.26 Å². The van der Waals surface area contributed by atoms with Gasteiger partial charge >= 0.3 is 0 Å². The molecule has 0 aliphatic carbocycles. The third kappa shape index (κ3) is 4.65. The Labute approximate surface area is 332 Å². The molecule has 4 heterocycles. The van der Waals surface area contributed by atoms with Crippen molar-refractivity contribution in [2.45, 2.75) is 26.2 Å². The average molecular weight is 761 g/mol. The summed E-state index contributed by atoms with van der Waals surface area (Å²) in [6.07, 6.45) is 0. The SMILES string of the molecule is CC(C)(C)c1ccc2scc(N(c3cc(C#N)cc(N4c5ccccc5-n5c6ccccc6c6cccc4c65)c3Cl)c3cccc4c3oc3ccccc34)c2c1. The maximum atomic E-state index is 10.8. The second-order valence-corrected chi connectivity index (χ2v) is 16.7. The molecule has 0 spiro atoms. The Hall–Kier alpha value is -6.52. The molecule has 268 valence electrons. The molecule has 1 aliphatic rings. The van der Waals surface area contributed by atoms with E-state index in [0.717, 1.165) is 76.9 Å². The van der Waals surface area contributed by atoms with Gasteiger partial charge < -0.3 is 18.8 Å². The lowest BCUT2D eigenvalue weighted by atomic mass is 9.86. The molecule has 5 nitrogen and oxygen atoms in total. The normalized spacial score (nSPS) is 12.6. The summed E-state index contributed by atoms with van der Waals surface area (Å²) in [5.41, 5.74) is 11.7. The zero-order chi connectivity index (χ0) is 37.9. The topological polar surface area (TPSA) is 48.3 Å². The molecule has 0 atom stereocenters. The van der Waals surface area contributed by atoms with Crippen molar-refractivity contribution >= 4 is 111 Å². The van der Waals surface area contributed by atoms with Crippen LogP contribution in [0.2, 0.25) is 5.02 Å². The number of nitrogens with zero attached hydrogens (tertiary/aromatic N) is 4. The van der Waals surface area contributed by atoms with Crippen LogP contribution in [0.5, 0.6) is 0 Å². The van der Waals surface area contributed by atoms with Crippen molar-refractivity contribution in [1.29, 1.82) is 5.26 Å². The zero-order valence-corrected chi connectivity index (χ0v) is 32.4. The van der Waals surface area contributed by atoms with Gasteiger partial charge in [0.15, 0.2) is 5.58 Å². The van der Waals surface area contributed by atoms with Crippen molar-refractivity contribution in [1.82, 2.24) is 4.57 Å². The Kier molecular flexibility index (Phi) is 7.04. The molecule has 0 amide bonds. The summed E-state index contributed by atoms with van der Waals surface area (Å²) < 4.78 is 10.2. The van der Waals surface area contributed by atoms with Gasteiger partial charge in [-0.1, -0.05) is 111 Å². The van der Waals surface area contributed by atoms with E-state index in [1.807, 2.05) is 30.3 Å². The van der Waals surface area contributed by atoms with Crippen molar-refractivity contribution in [2.24, 2.45) is 0 Å². The summed E-state index contributed by atoms with van der Waals surface area (Å²) in [5, 5.41) is 19.0. The molecule has 3 aromatic heterocycles. The summed E-state index contributed by atoms with van der Waals surface area (Å²) in [4.78, 5) is 4.43. The molecule has 7 heteroatoms. The second-order valence-electron chi connectivity index (χ2n) is 15.5. The smallest absolute Gasteiger partial charge is 0.159 e. The predicted molar refractivity (Wildman–Crippen MR) is 235 cm³/mol. The summed E-state index contributed by atoms with van der Waals surface area (Å²) in [6, 6.07) is 50.9. The number of rotatable bonds is 4. The Bertz CT molecular complexity index is 3300. The molecular weight excluding hydrogens is 728 g/mol. The molecule has 0 bridgehead atoms. The fourth-order valence-corrected chi connectivity index (χ4v) is 9.79. The molecule has 0 fully saturated rings. The van der Waals surface area contributed by atoms with Gasteiger partial charge in [0.2, 0.25) is 0 Å². The number of benzene rings is 7. The Balaban J connectivity index is 1.23. The molecule has 0 N–H and O–H groups in total. The summed E-state index contributed by atoms with van der Waals surface area (Å²) in [5.74, 6) is 0. The molecule has 0 saturated heterocycles. The number of aromatic nitrogens is 1. The van der Waals surface area contributed by atoms with E-state index in [-0.39, 0.29) is 5.41 Å². The lowest BCUT2D eigenvalue weighted by Gasteiger charge is -2.35. The first-order valence-electron chi connectivity index (χ1n) is 18.7. The molecule has 11 rings (SSSR count). The zero-order valence-electron chi connectivity index (χ0n) is 30.8. The predicted octanol–water partition coefficient (Wildman–Crippen LogP) is 15.0. The lowest BCUT2D eigenvalue weighted by molar-refractivity contribution is 0.591. The Morgan fingerprint density at radius 2 is 1.36 bits per heavy atom. The van der Waals surface area contributed by atoms with Crippen molar-refractivity contribution in [3.8, 4) is 11.8 Å². The third-order valence-corrected chi connectivity index (χ3v) is 12.5. The molecule has 1 aliphatic heterocycles. The van der Waals surface area contributed by atoms with Crippen molar-refractivity contribution < 1.29 is 4.42 Å². The fourth-order valence-electron chi connectivity index (χ4n) is 8.60. The monoisotopic (exact) mass is 760 g/mol. The number of thiophene rings is 1. The summed E-state index contributed by atoms with van der Waals surface area (Å²) >= 11 is 9.60. The van der Waals surface area contributed by atoms with E-state index in [1.165, 1.54) is 10.9 Å². The second kappa shape index (κ2) is 12.0. The molecule has 56 heavy (non-hydrogen) atoms.